The summed E-state index contributed by atoms with van der Waals surface area (Å²) in [6, 6.07) is 10.5. The number of benzene rings is 1. The molecule has 2 saturated heterocycles. The number of likely N-dealkylation sites (tertiary alicyclic amines) is 1. The highest BCUT2D eigenvalue weighted by Gasteiger charge is 2.39. The highest BCUT2D eigenvalue weighted by Crippen LogP contribution is 2.29. The molecule has 0 radical (unpaired) electrons. The fourth-order valence-corrected chi connectivity index (χ4v) is 4.51. The van der Waals surface area contributed by atoms with Crippen LogP contribution in [0.4, 0.5) is 0 Å². The molecule has 0 spiro atoms. The standard InChI is InChI=1S/C17H24N2O2S/c20-16(17(21)8-11-22-13-17)18-12-15(19-9-4-5-10-19)14-6-2-1-3-7-14/h1-3,6-7,15,21H,4-5,8-13H2,(H,18,20). The Bertz CT molecular complexity index is 497. The van der Waals surface area contributed by atoms with E-state index in [0.29, 0.717) is 18.7 Å². The number of hydrogen-bond donors (Lipinski definition) is 2. The van der Waals surface area contributed by atoms with Crippen LogP contribution in [0.25, 0.3) is 0 Å². The fourth-order valence-electron chi connectivity index (χ4n) is 3.27. The molecule has 1 aromatic rings. The van der Waals surface area contributed by atoms with Crippen molar-refractivity contribution in [2.45, 2.75) is 30.9 Å². The van der Waals surface area contributed by atoms with Gasteiger partial charge in [-0.25, -0.2) is 0 Å². The second-order valence-electron chi connectivity index (χ2n) is 6.21. The second-order valence-corrected chi connectivity index (χ2v) is 7.32. The van der Waals surface area contributed by atoms with Crippen LogP contribution in [0.3, 0.4) is 0 Å². The van der Waals surface area contributed by atoms with Gasteiger partial charge in [-0.15, -0.1) is 0 Å². The van der Waals surface area contributed by atoms with Gasteiger partial charge in [0.2, 0.25) is 0 Å². The van der Waals surface area contributed by atoms with Crippen molar-refractivity contribution in [2.75, 3.05) is 31.1 Å². The van der Waals surface area contributed by atoms with Crippen molar-refractivity contribution in [1.29, 1.82) is 0 Å². The Hall–Kier alpha value is -1.04. The Morgan fingerprint density at radius 1 is 1.32 bits per heavy atom. The molecule has 2 N–H and O–H groups in total. The Morgan fingerprint density at radius 3 is 2.68 bits per heavy atom. The van der Waals surface area contributed by atoms with E-state index in [-0.39, 0.29) is 11.9 Å². The number of carbonyl (C=O) groups excluding carboxylic acids is 1. The number of rotatable bonds is 5. The number of nitrogens with zero attached hydrogens (tertiary/aromatic N) is 1. The SMILES string of the molecule is O=C(NCC(c1ccccc1)N1CCCC1)C1(O)CCSC1. The van der Waals surface area contributed by atoms with Crippen LogP contribution < -0.4 is 5.32 Å². The van der Waals surface area contributed by atoms with Gasteiger partial charge >= 0.3 is 0 Å². The smallest absolute Gasteiger partial charge is 0.252 e. The summed E-state index contributed by atoms with van der Waals surface area (Å²) in [5.41, 5.74) is 0.0641. The Labute approximate surface area is 136 Å². The summed E-state index contributed by atoms with van der Waals surface area (Å²) < 4.78 is 0. The van der Waals surface area contributed by atoms with E-state index in [4.69, 9.17) is 0 Å². The predicted molar refractivity (Wildman–Crippen MR) is 89.9 cm³/mol. The first-order valence-corrected chi connectivity index (χ1v) is 9.22. The molecule has 2 heterocycles. The lowest BCUT2D eigenvalue weighted by Crippen LogP contribution is -2.49. The summed E-state index contributed by atoms with van der Waals surface area (Å²) in [5.74, 6) is 1.16. The van der Waals surface area contributed by atoms with Gasteiger partial charge in [0.05, 0.1) is 6.04 Å². The molecule has 1 amide bonds. The first kappa shape index (κ1) is 15.8. The maximum Gasteiger partial charge on any atom is 0.252 e. The molecule has 1 aromatic carbocycles. The molecule has 0 aromatic heterocycles. The molecule has 22 heavy (non-hydrogen) atoms. The van der Waals surface area contributed by atoms with Gasteiger partial charge in [-0.2, -0.15) is 11.8 Å². The minimum atomic E-state index is -1.17. The normalized spacial score (nSPS) is 27.0. The molecule has 2 aliphatic heterocycles. The van der Waals surface area contributed by atoms with Gasteiger partial charge in [0.1, 0.15) is 0 Å². The molecular weight excluding hydrogens is 296 g/mol. The summed E-state index contributed by atoms with van der Waals surface area (Å²) in [5, 5.41) is 13.4. The van der Waals surface area contributed by atoms with E-state index in [1.54, 1.807) is 11.8 Å². The first-order valence-electron chi connectivity index (χ1n) is 8.06. The van der Waals surface area contributed by atoms with E-state index in [9.17, 15) is 9.90 Å². The van der Waals surface area contributed by atoms with Crippen molar-refractivity contribution in [3.8, 4) is 0 Å². The van der Waals surface area contributed by atoms with Gasteiger partial charge in [0, 0.05) is 12.3 Å². The summed E-state index contributed by atoms with van der Waals surface area (Å²) in [6.45, 7) is 2.72. The van der Waals surface area contributed by atoms with E-state index in [1.807, 2.05) is 18.2 Å². The number of aliphatic hydroxyl groups is 1. The van der Waals surface area contributed by atoms with E-state index in [0.717, 1.165) is 18.8 Å². The molecule has 3 rings (SSSR count). The van der Waals surface area contributed by atoms with Crippen LogP contribution in [-0.2, 0) is 4.79 Å². The van der Waals surface area contributed by atoms with Crippen LogP contribution in [0.5, 0.6) is 0 Å². The molecule has 2 fully saturated rings. The quantitative estimate of drug-likeness (QED) is 0.869. The van der Waals surface area contributed by atoms with Crippen LogP contribution >= 0.6 is 11.8 Å². The van der Waals surface area contributed by atoms with Crippen molar-refractivity contribution < 1.29 is 9.90 Å². The number of amides is 1. The Kier molecular flexibility index (Phi) is 5.06. The minimum absolute atomic E-state index is 0.199. The van der Waals surface area contributed by atoms with Gasteiger partial charge in [0.15, 0.2) is 5.60 Å². The van der Waals surface area contributed by atoms with Gasteiger partial charge in [-0.05, 0) is 43.7 Å². The van der Waals surface area contributed by atoms with E-state index in [2.05, 4.69) is 22.3 Å². The molecule has 2 atom stereocenters. The van der Waals surface area contributed by atoms with Crippen LogP contribution in [0.15, 0.2) is 30.3 Å². The molecule has 2 unspecified atom stereocenters. The highest BCUT2D eigenvalue weighted by molar-refractivity contribution is 7.99. The first-order chi connectivity index (χ1) is 10.7. The Balaban J connectivity index is 1.66. The van der Waals surface area contributed by atoms with Crippen molar-refractivity contribution in [3.05, 3.63) is 35.9 Å². The zero-order chi connectivity index (χ0) is 15.4. The van der Waals surface area contributed by atoms with E-state index in [1.165, 1.54) is 18.4 Å². The topological polar surface area (TPSA) is 52.6 Å². The molecule has 4 nitrogen and oxygen atoms in total. The van der Waals surface area contributed by atoms with Gasteiger partial charge in [0.25, 0.3) is 5.91 Å². The van der Waals surface area contributed by atoms with Gasteiger partial charge < -0.3 is 10.4 Å². The number of hydrogen-bond acceptors (Lipinski definition) is 4. The molecule has 0 bridgehead atoms. The Morgan fingerprint density at radius 2 is 2.05 bits per heavy atom. The highest BCUT2D eigenvalue weighted by atomic mass is 32.2. The lowest BCUT2D eigenvalue weighted by Gasteiger charge is -2.29. The van der Waals surface area contributed by atoms with Gasteiger partial charge in [-0.1, -0.05) is 30.3 Å². The molecular formula is C17H24N2O2S. The molecule has 0 aliphatic carbocycles. The average molecular weight is 320 g/mol. The van der Waals surface area contributed by atoms with Crippen molar-refractivity contribution in [1.82, 2.24) is 10.2 Å². The monoisotopic (exact) mass is 320 g/mol. The summed E-state index contributed by atoms with van der Waals surface area (Å²) in [6.07, 6.45) is 3.00. The molecule has 120 valence electrons. The zero-order valence-corrected chi connectivity index (χ0v) is 13.6. The summed E-state index contributed by atoms with van der Waals surface area (Å²) >= 11 is 1.64. The molecule has 2 aliphatic rings. The third kappa shape index (κ3) is 3.47. The molecule has 5 heteroatoms. The van der Waals surface area contributed by atoms with Crippen LogP contribution in [0.2, 0.25) is 0 Å². The van der Waals surface area contributed by atoms with E-state index >= 15 is 0 Å². The third-order valence-electron chi connectivity index (χ3n) is 4.65. The lowest BCUT2D eigenvalue weighted by atomic mass is 10.0. The number of carbonyl (C=O) groups is 1. The number of thioether (sulfide) groups is 1. The third-order valence-corrected chi connectivity index (χ3v) is 5.82. The lowest BCUT2D eigenvalue weighted by molar-refractivity contribution is -0.137. The average Bonchev–Trinajstić information content (AvgIpc) is 3.21. The number of nitrogens with one attached hydrogen (secondary N) is 1. The summed E-state index contributed by atoms with van der Waals surface area (Å²) in [7, 11) is 0. The largest absolute Gasteiger partial charge is 0.379 e. The molecule has 0 saturated carbocycles. The van der Waals surface area contributed by atoms with Crippen molar-refractivity contribution >= 4 is 17.7 Å². The van der Waals surface area contributed by atoms with Crippen LogP contribution in [-0.4, -0.2) is 52.7 Å². The van der Waals surface area contributed by atoms with E-state index < -0.39 is 5.60 Å². The van der Waals surface area contributed by atoms with Gasteiger partial charge in [-0.3, -0.25) is 9.69 Å². The maximum atomic E-state index is 12.3. The predicted octanol–water partition coefficient (Wildman–Crippen LogP) is 1.81. The summed E-state index contributed by atoms with van der Waals surface area (Å²) in [4.78, 5) is 14.8. The van der Waals surface area contributed by atoms with Crippen molar-refractivity contribution in [2.24, 2.45) is 0 Å². The second kappa shape index (κ2) is 7.02. The fraction of sp³-hybridized carbons (Fsp3) is 0.588. The van der Waals surface area contributed by atoms with Crippen LogP contribution in [0, 0.1) is 0 Å². The van der Waals surface area contributed by atoms with Crippen LogP contribution in [0.1, 0.15) is 30.9 Å². The van der Waals surface area contributed by atoms with Crippen molar-refractivity contribution in [3.63, 3.8) is 0 Å². The maximum absolute atomic E-state index is 12.3. The zero-order valence-electron chi connectivity index (χ0n) is 12.8. The minimum Gasteiger partial charge on any atom is -0.379 e.